The summed E-state index contributed by atoms with van der Waals surface area (Å²) >= 11 is 0. The monoisotopic (exact) mass is 473 g/mol. The lowest BCUT2D eigenvalue weighted by molar-refractivity contribution is 0.0656. The third kappa shape index (κ3) is 4.91. The largest absolute Gasteiger partial charge is 0.497 e. The van der Waals surface area contributed by atoms with Gasteiger partial charge in [-0.3, -0.25) is 4.79 Å². The van der Waals surface area contributed by atoms with Gasteiger partial charge in [-0.15, -0.1) is 0 Å². The number of rotatable bonds is 7. The maximum atomic E-state index is 13.2. The zero-order valence-electron chi connectivity index (χ0n) is 19.8. The van der Waals surface area contributed by atoms with Crippen LogP contribution >= 0.6 is 0 Å². The molecule has 8 nitrogen and oxygen atoms in total. The van der Waals surface area contributed by atoms with Crippen molar-refractivity contribution in [1.82, 2.24) is 15.0 Å². The molecule has 180 valence electrons. The summed E-state index contributed by atoms with van der Waals surface area (Å²) in [6, 6.07) is 17.0. The lowest BCUT2D eigenvalue weighted by Crippen LogP contribution is -2.39. The molecule has 0 spiro atoms. The maximum Gasteiger partial charge on any atom is 0.292 e. The van der Waals surface area contributed by atoms with E-state index in [1.54, 1.807) is 31.4 Å². The van der Waals surface area contributed by atoms with Gasteiger partial charge in [0.25, 0.3) is 5.91 Å². The van der Waals surface area contributed by atoms with Crippen molar-refractivity contribution in [2.75, 3.05) is 27.3 Å². The zero-order valence-corrected chi connectivity index (χ0v) is 19.8. The van der Waals surface area contributed by atoms with Crippen LogP contribution < -0.4 is 9.47 Å². The summed E-state index contributed by atoms with van der Waals surface area (Å²) in [5, 5.41) is 4.09. The van der Waals surface area contributed by atoms with Crippen molar-refractivity contribution in [1.29, 1.82) is 0 Å². The second-order valence-electron chi connectivity index (χ2n) is 8.55. The van der Waals surface area contributed by atoms with Crippen molar-refractivity contribution in [2.24, 2.45) is 0 Å². The fraction of sp³-hybridized carbons (Fsp3) is 0.296. The molecule has 4 aromatic rings. The third-order valence-corrected chi connectivity index (χ3v) is 6.27. The van der Waals surface area contributed by atoms with Crippen LogP contribution in [0.1, 0.15) is 46.5 Å². The van der Waals surface area contributed by atoms with E-state index >= 15 is 0 Å². The summed E-state index contributed by atoms with van der Waals surface area (Å²) in [4.78, 5) is 19.5. The molecule has 2 aromatic carbocycles. The maximum absolute atomic E-state index is 13.2. The van der Waals surface area contributed by atoms with Gasteiger partial charge in [-0.25, -0.2) is 4.98 Å². The van der Waals surface area contributed by atoms with Gasteiger partial charge in [0.1, 0.15) is 23.0 Å². The van der Waals surface area contributed by atoms with Crippen LogP contribution in [-0.4, -0.2) is 48.3 Å². The second kappa shape index (κ2) is 10.0. The Morgan fingerprint density at radius 3 is 2.86 bits per heavy atom. The van der Waals surface area contributed by atoms with Gasteiger partial charge >= 0.3 is 0 Å². The number of piperidine rings is 1. The Balaban J connectivity index is 1.26. The van der Waals surface area contributed by atoms with E-state index in [4.69, 9.17) is 18.4 Å². The van der Waals surface area contributed by atoms with E-state index in [-0.39, 0.29) is 17.6 Å². The van der Waals surface area contributed by atoms with Crippen molar-refractivity contribution in [3.8, 4) is 22.8 Å². The van der Waals surface area contributed by atoms with Gasteiger partial charge in [-0.1, -0.05) is 35.5 Å². The van der Waals surface area contributed by atoms with Crippen molar-refractivity contribution in [3.63, 3.8) is 0 Å². The van der Waals surface area contributed by atoms with Crippen LogP contribution in [0.3, 0.4) is 0 Å². The minimum Gasteiger partial charge on any atom is -0.497 e. The number of amides is 1. The van der Waals surface area contributed by atoms with Gasteiger partial charge in [-0.05, 0) is 31.0 Å². The Morgan fingerprint density at radius 2 is 2.00 bits per heavy atom. The van der Waals surface area contributed by atoms with Crippen LogP contribution in [-0.2, 0) is 6.42 Å². The molecule has 2 aromatic heterocycles. The van der Waals surface area contributed by atoms with Crippen LogP contribution in [0.2, 0.25) is 0 Å². The van der Waals surface area contributed by atoms with Crippen LogP contribution in [0.25, 0.3) is 11.3 Å². The van der Waals surface area contributed by atoms with E-state index in [9.17, 15) is 4.79 Å². The van der Waals surface area contributed by atoms with Gasteiger partial charge in [0.2, 0.25) is 5.76 Å². The Bertz CT molecular complexity index is 1310. The van der Waals surface area contributed by atoms with E-state index in [0.717, 1.165) is 35.5 Å². The Hall–Kier alpha value is -4.07. The molecule has 1 fully saturated rings. The summed E-state index contributed by atoms with van der Waals surface area (Å²) in [5.41, 5.74) is 2.45. The molecular weight excluding hydrogens is 446 g/mol. The van der Waals surface area contributed by atoms with E-state index in [2.05, 4.69) is 10.1 Å². The van der Waals surface area contributed by atoms with Gasteiger partial charge in [-0.2, -0.15) is 0 Å². The van der Waals surface area contributed by atoms with Crippen LogP contribution in [0.5, 0.6) is 11.5 Å². The molecule has 1 aliphatic rings. The number of hydrogen-bond donors (Lipinski definition) is 0. The predicted molar refractivity (Wildman–Crippen MR) is 129 cm³/mol. The first-order chi connectivity index (χ1) is 17.1. The normalized spacial score (nSPS) is 15.7. The summed E-state index contributed by atoms with van der Waals surface area (Å²) in [6.45, 7) is 1.17. The number of ether oxygens (including phenoxy) is 2. The average Bonchev–Trinajstić information content (AvgIpc) is 3.59. The predicted octanol–water partition coefficient (Wildman–Crippen LogP) is 4.96. The molecule has 1 saturated heterocycles. The SMILES string of the molecule is COc1cccc(-c2cc(C(=O)N3CCCC(c4ncc(Cc5ccccc5OC)o4)C3)on2)c1. The number of methoxy groups -OCH3 is 2. The summed E-state index contributed by atoms with van der Waals surface area (Å²) in [5.74, 6) is 3.02. The quantitative estimate of drug-likeness (QED) is 0.375. The fourth-order valence-electron chi connectivity index (χ4n) is 4.44. The fourth-order valence-corrected chi connectivity index (χ4v) is 4.44. The standard InChI is InChI=1S/C27H27N3O5/c1-32-21-10-5-8-18(13-21)23-15-25(35-29-23)27(31)30-12-6-9-20(17-30)26-28-16-22(34-26)14-19-7-3-4-11-24(19)33-2/h3-5,7-8,10-11,13,15-16,20H,6,9,12,14,17H2,1-2H3. The molecule has 0 radical (unpaired) electrons. The summed E-state index contributed by atoms with van der Waals surface area (Å²) < 4.78 is 22.2. The van der Waals surface area contributed by atoms with Crippen LogP contribution in [0.15, 0.2) is 69.7 Å². The number of aromatic nitrogens is 2. The van der Waals surface area contributed by atoms with Crippen molar-refractivity contribution in [3.05, 3.63) is 83.8 Å². The van der Waals surface area contributed by atoms with Gasteiger partial charge < -0.3 is 23.3 Å². The molecule has 0 aliphatic carbocycles. The van der Waals surface area contributed by atoms with Crippen molar-refractivity contribution < 1.29 is 23.2 Å². The highest BCUT2D eigenvalue weighted by Crippen LogP contribution is 2.30. The number of oxazole rings is 1. The number of hydrogen-bond acceptors (Lipinski definition) is 7. The molecule has 1 atom stereocenters. The minimum atomic E-state index is -0.183. The molecule has 1 aliphatic heterocycles. The Kier molecular flexibility index (Phi) is 6.52. The highest BCUT2D eigenvalue weighted by Gasteiger charge is 2.30. The molecule has 0 saturated carbocycles. The Morgan fingerprint density at radius 1 is 1.11 bits per heavy atom. The summed E-state index contributed by atoms with van der Waals surface area (Å²) in [6.07, 6.45) is 4.12. The zero-order chi connectivity index (χ0) is 24.2. The molecular formula is C27H27N3O5. The third-order valence-electron chi connectivity index (χ3n) is 6.27. The van der Waals surface area contributed by atoms with E-state index in [1.165, 1.54) is 0 Å². The van der Waals surface area contributed by atoms with E-state index in [0.29, 0.717) is 36.8 Å². The van der Waals surface area contributed by atoms with Gasteiger partial charge in [0.05, 0.1) is 26.3 Å². The number of carbonyl (C=O) groups excluding carboxylic acids is 1. The Labute approximate surface area is 203 Å². The van der Waals surface area contributed by atoms with Crippen LogP contribution in [0, 0.1) is 0 Å². The van der Waals surface area contributed by atoms with E-state index in [1.807, 2.05) is 48.5 Å². The topological polar surface area (TPSA) is 90.8 Å². The average molecular weight is 474 g/mol. The van der Waals surface area contributed by atoms with Crippen molar-refractivity contribution >= 4 is 5.91 Å². The molecule has 8 heteroatoms. The molecule has 1 amide bonds. The smallest absolute Gasteiger partial charge is 0.292 e. The molecule has 1 unspecified atom stereocenters. The number of likely N-dealkylation sites (tertiary alicyclic amines) is 1. The number of benzene rings is 2. The van der Waals surface area contributed by atoms with Crippen molar-refractivity contribution in [2.45, 2.75) is 25.2 Å². The minimum absolute atomic E-state index is 0.0277. The molecule has 3 heterocycles. The number of para-hydroxylation sites is 1. The first-order valence-electron chi connectivity index (χ1n) is 11.6. The molecule has 5 rings (SSSR count). The van der Waals surface area contributed by atoms with Gasteiger partial charge in [0, 0.05) is 36.7 Å². The first kappa shape index (κ1) is 22.7. The first-order valence-corrected chi connectivity index (χ1v) is 11.6. The van der Waals surface area contributed by atoms with Gasteiger partial charge in [0.15, 0.2) is 5.89 Å². The number of carbonyl (C=O) groups is 1. The van der Waals surface area contributed by atoms with E-state index < -0.39 is 0 Å². The highest BCUT2D eigenvalue weighted by atomic mass is 16.5. The second-order valence-corrected chi connectivity index (χ2v) is 8.55. The lowest BCUT2D eigenvalue weighted by Gasteiger charge is -2.30. The number of nitrogens with zero attached hydrogens (tertiary/aromatic N) is 3. The molecule has 35 heavy (non-hydrogen) atoms. The van der Waals surface area contributed by atoms with Crippen LogP contribution in [0.4, 0.5) is 0 Å². The summed E-state index contributed by atoms with van der Waals surface area (Å²) in [7, 11) is 3.27. The molecule has 0 bridgehead atoms. The molecule has 0 N–H and O–H groups in total. The highest BCUT2D eigenvalue weighted by molar-refractivity contribution is 5.92. The lowest BCUT2D eigenvalue weighted by atomic mass is 9.97.